The number of benzene rings is 1. The van der Waals surface area contributed by atoms with Crippen molar-refractivity contribution in [3.8, 4) is 0 Å². The van der Waals surface area contributed by atoms with Crippen molar-refractivity contribution < 1.29 is 0 Å². The average Bonchev–Trinajstić information content (AvgIpc) is 2.03. The second-order valence-corrected chi connectivity index (χ2v) is 4.75. The molecule has 0 saturated heterocycles. The maximum Gasteiger partial charge on any atom is 0.0237 e. The van der Waals surface area contributed by atoms with Crippen molar-refractivity contribution in [3.05, 3.63) is 35.9 Å². The minimum atomic E-state index is 0.704. The van der Waals surface area contributed by atoms with Gasteiger partial charge < -0.3 is 5.32 Å². The second-order valence-electron chi connectivity index (χ2n) is 3.02. The standard InChI is InChI=1S/C9H15NSi/c1-8(11)10-7-9-5-3-2-4-6-9/h2-6,8,10H,7H2,1,11H3. The highest BCUT2D eigenvalue weighted by molar-refractivity contribution is 6.11. The average molecular weight is 165 g/mol. The molecule has 1 unspecified atom stereocenters. The molecule has 1 nitrogen and oxygen atoms in total. The Kier molecular flexibility index (Phi) is 3.33. The third-order valence-electron chi connectivity index (χ3n) is 1.56. The zero-order valence-electron chi connectivity index (χ0n) is 7.17. The molecule has 0 aromatic heterocycles. The fourth-order valence-corrected chi connectivity index (χ4v) is 1.12. The van der Waals surface area contributed by atoms with E-state index in [1.807, 2.05) is 6.07 Å². The number of hydrogen-bond acceptors (Lipinski definition) is 1. The van der Waals surface area contributed by atoms with Gasteiger partial charge in [-0.15, -0.1) is 0 Å². The molecule has 60 valence electrons. The van der Waals surface area contributed by atoms with Gasteiger partial charge in [-0.1, -0.05) is 37.3 Å². The van der Waals surface area contributed by atoms with Crippen LogP contribution in [0.1, 0.15) is 12.5 Å². The van der Waals surface area contributed by atoms with Gasteiger partial charge in [0.25, 0.3) is 0 Å². The molecule has 0 aliphatic carbocycles. The molecule has 2 heteroatoms. The normalized spacial score (nSPS) is 13.2. The van der Waals surface area contributed by atoms with Gasteiger partial charge in [-0.3, -0.25) is 0 Å². The highest BCUT2D eigenvalue weighted by Crippen LogP contribution is 1.96. The molecule has 0 bridgehead atoms. The fraction of sp³-hybridized carbons (Fsp3) is 0.333. The first kappa shape index (κ1) is 8.49. The molecule has 1 atom stereocenters. The predicted molar refractivity (Wildman–Crippen MR) is 52.7 cm³/mol. The summed E-state index contributed by atoms with van der Waals surface area (Å²) in [5.74, 6) is 0. The molecule has 0 saturated carbocycles. The molecular formula is C9H15NSi. The van der Waals surface area contributed by atoms with Gasteiger partial charge in [0.05, 0.1) is 0 Å². The Hall–Kier alpha value is -0.603. The Bertz CT molecular complexity index is 196. The van der Waals surface area contributed by atoms with Gasteiger partial charge in [0.15, 0.2) is 0 Å². The van der Waals surface area contributed by atoms with Gasteiger partial charge in [0.1, 0.15) is 0 Å². The van der Waals surface area contributed by atoms with E-state index in [0.717, 1.165) is 6.54 Å². The van der Waals surface area contributed by atoms with E-state index in [1.54, 1.807) is 0 Å². The zero-order chi connectivity index (χ0) is 8.10. The molecule has 0 heterocycles. The van der Waals surface area contributed by atoms with Crippen LogP contribution in [0.2, 0.25) is 0 Å². The predicted octanol–water partition coefficient (Wildman–Crippen LogP) is 0.488. The number of nitrogens with one attached hydrogen (secondary N) is 1. The van der Waals surface area contributed by atoms with Crippen molar-refractivity contribution >= 4 is 10.2 Å². The van der Waals surface area contributed by atoms with Crippen LogP contribution in [0, 0.1) is 0 Å². The van der Waals surface area contributed by atoms with Crippen LogP contribution in [0.15, 0.2) is 30.3 Å². The van der Waals surface area contributed by atoms with Crippen molar-refractivity contribution in [3.63, 3.8) is 0 Å². The zero-order valence-corrected chi connectivity index (χ0v) is 9.17. The summed E-state index contributed by atoms with van der Waals surface area (Å²) in [5, 5.41) is 3.42. The molecule has 1 aromatic rings. The molecule has 11 heavy (non-hydrogen) atoms. The summed E-state index contributed by atoms with van der Waals surface area (Å²) in [6.45, 7) is 3.22. The van der Waals surface area contributed by atoms with E-state index in [-0.39, 0.29) is 0 Å². The third-order valence-corrected chi connectivity index (χ3v) is 1.97. The SMILES string of the molecule is CC([SiH3])NCc1ccccc1. The molecule has 1 N–H and O–H groups in total. The van der Waals surface area contributed by atoms with E-state index in [9.17, 15) is 0 Å². The van der Waals surface area contributed by atoms with Crippen LogP contribution in [0.25, 0.3) is 0 Å². The second kappa shape index (κ2) is 4.31. The van der Waals surface area contributed by atoms with E-state index in [1.165, 1.54) is 15.8 Å². The molecular weight excluding hydrogens is 150 g/mol. The maximum atomic E-state index is 3.42. The van der Waals surface area contributed by atoms with Crippen LogP contribution in [0.4, 0.5) is 0 Å². The van der Waals surface area contributed by atoms with Crippen molar-refractivity contribution in [1.82, 2.24) is 5.32 Å². The lowest BCUT2D eigenvalue weighted by Crippen LogP contribution is -2.25. The lowest BCUT2D eigenvalue weighted by atomic mass is 10.2. The number of rotatable bonds is 3. The van der Waals surface area contributed by atoms with Gasteiger partial charge in [0.2, 0.25) is 0 Å². The molecule has 0 aliphatic heterocycles. The Morgan fingerprint density at radius 3 is 2.55 bits per heavy atom. The summed E-state index contributed by atoms with van der Waals surface area (Å²) < 4.78 is 0. The lowest BCUT2D eigenvalue weighted by Gasteiger charge is -2.06. The van der Waals surface area contributed by atoms with Gasteiger partial charge in [-0.05, 0) is 11.2 Å². The van der Waals surface area contributed by atoms with Crippen LogP contribution in [0.3, 0.4) is 0 Å². The summed E-state index contributed by atoms with van der Waals surface area (Å²) in [4.78, 5) is 0. The molecule has 1 rings (SSSR count). The van der Waals surface area contributed by atoms with Gasteiger partial charge in [-0.25, -0.2) is 0 Å². The summed E-state index contributed by atoms with van der Waals surface area (Å²) in [7, 11) is 1.22. The smallest absolute Gasteiger partial charge is 0.0237 e. The van der Waals surface area contributed by atoms with Crippen molar-refractivity contribution in [2.24, 2.45) is 0 Å². The highest BCUT2D eigenvalue weighted by atomic mass is 28.1. The molecule has 0 fully saturated rings. The Balaban J connectivity index is 2.39. The van der Waals surface area contributed by atoms with Crippen LogP contribution < -0.4 is 5.32 Å². The van der Waals surface area contributed by atoms with Crippen LogP contribution >= 0.6 is 0 Å². The van der Waals surface area contributed by atoms with Crippen LogP contribution in [-0.4, -0.2) is 15.9 Å². The highest BCUT2D eigenvalue weighted by Gasteiger charge is 1.92. The number of hydrogen-bond donors (Lipinski definition) is 1. The first-order valence-electron chi connectivity index (χ1n) is 4.06. The monoisotopic (exact) mass is 165 g/mol. The minimum absolute atomic E-state index is 0.704. The Morgan fingerprint density at radius 1 is 1.36 bits per heavy atom. The van der Waals surface area contributed by atoms with E-state index in [0.29, 0.717) is 5.67 Å². The largest absolute Gasteiger partial charge is 0.314 e. The minimum Gasteiger partial charge on any atom is -0.314 e. The summed E-state index contributed by atoms with van der Waals surface area (Å²) in [6, 6.07) is 10.5. The fourth-order valence-electron chi connectivity index (χ4n) is 0.918. The summed E-state index contributed by atoms with van der Waals surface area (Å²) in [6.07, 6.45) is 0. The first-order valence-corrected chi connectivity index (χ1v) is 5.22. The van der Waals surface area contributed by atoms with E-state index in [2.05, 4.69) is 36.5 Å². The van der Waals surface area contributed by atoms with Crippen molar-refractivity contribution in [2.45, 2.75) is 19.1 Å². The van der Waals surface area contributed by atoms with Gasteiger partial charge >= 0.3 is 0 Å². The van der Waals surface area contributed by atoms with Gasteiger partial charge in [-0.2, -0.15) is 0 Å². The Morgan fingerprint density at radius 2 is 2.00 bits per heavy atom. The summed E-state index contributed by atoms with van der Waals surface area (Å²) in [5.41, 5.74) is 2.07. The van der Waals surface area contributed by atoms with Crippen LogP contribution in [0.5, 0.6) is 0 Å². The van der Waals surface area contributed by atoms with Crippen molar-refractivity contribution in [1.29, 1.82) is 0 Å². The van der Waals surface area contributed by atoms with E-state index < -0.39 is 0 Å². The summed E-state index contributed by atoms with van der Waals surface area (Å²) >= 11 is 0. The third kappa shape index (κ3) is 3.35. The molecule has 0 amide bonds. The molecule has 0 radical (unpaired) electrons. The maximum absolute atomic E-state index is 3.42. The van der Waals surface area contributed by atoms with Crippen molar-refractivity contribution in [2.75, 3.05) is 0 Å². The molecule has 1 aromatic carbocycles. The van der Waals surface area contributed by atoms with E-state index >= 15 is 0 Å². The molecule has 0 aliphatic rings. The van der Waals surface area contributed by atoms with Gasteiger partial charge in [0, 0.05) is 16.8 Å². The van der Waals surface area contributed by atoms with E-state index in [4.69, 9.17) is 0 Å². The topological polar surface area (TPSA) is 12.0 Å². The lowest BCUT2D eigenvalue weighted by molar-refractivity contribution is 0.679. The Labute approximate surface area is 71.2 Å². The first-order chi connectivity index (χ1) is 5.29. The van der Waals surface area contributed by atoms with Crippen LogP contribution in [-0.2, 0) is 6.54 Å². The molecule has 0 spiro atoms. The quantitative estimate of drug-likeness (QED) is 0.643.